The number of benzene rings is 1. The van der Waals surface area contributed by atoms with E-state index in [0.29, 0.717) is 19.1 Å². The van der Waals surface area contributed by atoms with Crippen LogP contribution in [-0.4, -0.2) is 74.0 Å². The highest BCUT2D eigenvalue weighted by atomic mass is 16.6. The monoisotopic (exact) mass is 505 g/mol. The smallest absolute Gasteiger partial charge is 0.410 e. The number of nitrogens with zero attached hydrogens (tertiary/aromatic N) is 6. The van der Waals surface area contributed by atoms with Crippen molar-refractivity contribution in [3.8, 4) is 11.3 Å². The van der Waals surface area contributed by atoms with Gasteiger partial charge >= 0.3 is 6.09 Å². The summed E-state index contributed by atoms with van der Waals surface area (Å²) in [5.74, 6) is 0.778. The number of hydrogen-bond donors (Lipinski definition) is 1. The predicted octanol–water partition coefficient (Wildman–Crippen LogP) is 4.24. The molecule has 2 N–H and O–H groups in total. The SMILES string of the molecule is CC(C)(C)OC(=O)N1CCN(Cc2ccc3ncc(-c4cnn(C5CC(CCCN)C5)c4)nc3c2)CC1. The van der Waals surface area contributed by atoms with Gasteiger partial charge in [-0.05, 0) is 76.6 Å². The molecule has 1 aliphatic carbocycles. The Kier molecular flexibility index (Phi) is 7.44. The van der Waals surface area contributed by atoms with Gasteiger partial charge in [0.05, 0.1) is 35.2 Å². The number of amides is 1. The molecule has 1 amide bonds. The molecule has 0 unspecified atom stereocenters. The summed E-state index contributed by atoms with van der Waals surface area (Å²) in [5.41, 5.74) is 10.00. The van der Waals surface area contributed by atoms with Crippen molar-refractivity contribution in [2.75, 3.05) is 32.7 Å². The molecule has 2 aromatic heterocycles. The lowest BCUT2D eigenvalue weighted by Gasteiger charge is -2.35. The maximum Gasteiger partial charge on any atom is 0.410 e. The molecule has 0 bridgehead atoms. The summed E-state index contributed by atoms with van der Waals surface area (Å²) < 4.78 is 7.60. The van der Waals surface area contributed by atoms with Gasteiger partial charge in [0.25, 0.3) is 0 Å². The van der Waals surface area contributed by atoms with Crippen molar-refractivity contribution in [3.05, 3.63) is 42.4 Å². The van der Waals surface area contributed by atoms with Gasteiger partial charge in [-0.3, -0.25) is 14.6 Å². The lowest BCUT2D eigenvalue weighted by molar-refractivity contribution is 0.0139. The highest BCUT2D eigenvalue weighted by Gasteiger charge is 2.30. The van der Waals surface area contributed by atoms with Crippen LogP contribution >= 0.6 is 0 Å². The van der Waals surface area contributed by atoms with Crippen LogP contribution in [0, 0.1) is 5.92 Å². The predicted molar refractivity (Wildman–Crippen MR) is 144 cm³/mol. The van der Waals surface area contributed by atoms with Gasteiger partial charge in [0.15, 0.2) is 0 Å². The van der Waals surface area contributed by atoms with Crippen molar-refractivity contribution in [1.82, 2.24) is 29.5 Å². The van der Waals surface area contributed by atoms with E-state index in [9.17, 15) is 4.79 Å². The third-order valence-electron chi connectivity index (χ3n) is 7.34. The third-order valence-corrected chi connectivity index (χ3v) is 7.34. The first-order valence-corrected chi connectivity index (χ1v) is 13.5. The molecule has 9 nitrogen and oxygen atoms in total. The van der Waals surface area contributed by atoms with E-state index >= 15 is 0 Å². The second-order valence-corrected chi connectivity index (χ2v) is 11.5. The van der Waals surface area contributed by atoms with Crippen molar-refractivity contribution in [3.63, 3.8) is 0 Å². The van der Waals surface area contributed by atoms with Crippen molar-refractivity contribution in [2.45, 2.75) is 64.6 Å². The maximum absolute atomic E-state index is 12.3. The Morgan fingerprint density at radius 1 is 1.11 bits per heavy atom. The zero-order valence-corrected chi connectivity index (χ0v) is 22.3. The molecule has 0 spiro atoms. The van der Waals surface area contributed by atoms with E-state index in [4.69, 9.17) is 15.5 Å². The Hall–Kier alpha value is -3.04. The van der Waals surface area contributed by atoms with Crippen molar-refractivity contribution in [1.29, 1.82) is 0 Å². The second-order valence-electron chi connectivity index (χ2n) is 11.5. The molecule has 3 heterocycles. The Balaban J connectivity index is 1.20. The molecular weight excluding hydrogens is 466 g/mol. The van der Waals surface area contributed by atoms with E-state index < -0.39 is 5.60 Å². The molecular formula is C28H39N7O2. The number of piperazine rings is 1. The van der Waals surface area contributed by atoms with Crippen LogP contribution < -0.4 is 5.73 Å². The number of ether oxygens (including phenoxy) is 1. The van der Waals surface area contributed by atoms with Gasteiger partial charge in [0.1, 0.15) is 5.60 Å². The molecule has 0 atom stereocenters. The number of fused-ring (bicyclic) bond motifs is 1. The van der Waals surface area contributed by atoms with Crippen LogP contribution in [0.4, 0.5) is 4.79 Å². The molecule has 2 fully saturated rings. The first-order chi connectivity index (χ1) is 17.8. The number of carbonyl (C=O) groups is 1. The quantitative estimate of drug-likeness (QED) is 0.512. The van der Waals surface area contributed by atoms with Gasteiger partial charge < -0.3 is 15.4 Å². The summed E-state index contributed by atoms with van der Waals surface area (Å²) in [7, 11) is 0. The highest BCUT2D eigenvalue weighted by Crippen LogP contribution is 2.40. The first kappa shape index (κ1) is 25.6. The normalized spacial score (nSPS) is 20.7. The van der Waals surface area contributed by atoms with Crippen LogP contribution in [0.1, 0.15) is 58.1 Å². The first-order valence-electron chi connectivity index (χ1n) is 13.5. The fourth-order valence-electron chi connectivity index (χ4n) is 5.20. The summed E-state index contributed by atoms with van der Waals surface area (Å²) in [6.07, 6.45) is 10.3. The minimum Gasteiger partial charge on any atom is -0.444 e. The van der Waals surface area contributed by atoms with Crippen LogP contribution in [0.25, 0.3) is 22.3 Å². The molecule has 3 aromatic rings. The zero-order chi connectivity index (χ0) is 26.0. The van der Waals surface area contributed by atoms with E-state index in [0.717, 1.165) is 60.8 Å². The summed E-state index contributed by atoms with van der Waals surface area (Å²) in [6.45, 7) is 10.3. The van der Waals surface area contributed by atoms with Gasteiger partial charge in [0.2, 0.25) is 0 Å². The van der Waals surface area contributed by atoms with Crippen LogP contribution in [0.2, 0.25) is 0 Å². The molecule has 9 heteroatoms. The van der Waals surface area contributed by atoms with Crippen molar-refractivity contribution >= 4 is 17.1 Å². The topological polar surface area (TPSA) is 102 Å². The molecule has 5 rings (SSSR count). The van der Waals surface area contributed by atoms with Gasteiger partial charge in [-0.2, -0.15) is 5.10 Å². The summed E-state index contributed by atoms with van der Waals surface area (Å²) >= 11 is 0. The molecule has 2 aliphatic rings. The number of nitrogens with two attached hydrogens (primary N) is 1. The summed E-state index contributed by atoms with van der Waals surface area (Å²) in [4.78, 5) is 26.1. The van der Waals surface area contributed by atoms with E-state index in [2.05, 4.69) is 38.0 Å². The molecule has 1 aliphatic heterocycles. The fourth-order valence-corrected chi connectivity index (χ4v) is 5.20. The van der Waals surface area contributed by atoms with Crippen molar-refractivity contribution in [2.24, 2.45) is 11.7 Å². The largest absolute Gasteiger partial charge is 0.444 e. The van der Waals surface area contributed by atoms with E-state index in [-0.39, 0.29) is 6.09 Å². The molecule has 37 heavy (non-hydrogen) atoms. The highest BCUT2D eigenvalue weighted by molar-refractivity contribution is 5.77. The average Bonchev–Trinajstić information content (AvgIpc) is 3.32. The van der Waals surface area contributed by atoms with E-state index in [1.165, 1.54) is 24.8 Å². The van der Waals surface area contributed by atoms with Gasteiger partial charge in [-0.1, -0.05) is 6.07 Å². The molecule has 1 saturated carbocycles. The Labute approximate surface area is 219 Å². The van der Waals surface area contributed by atoms with Gasteiger partial charge in [-0.15, -0.1) is 0 Å². The lowest BCUT2D eigenvalue weighted by atomic mass is 9.77. The lowest BCUT2D eigenvalue weighted by Crippen LogP contribution is -2.49. The van der Waals surface area contributed by atoms with Gasteiger partial charge in [0, 0.05) is 44.5 Å². The molecule has 1 saturated heterocycles. The van der Waals surface area contributed by atoms with E-state index in [1.807, 2.05) is 39.2 Å². The number of rotatable bonds is 7. The molecule has 1 aromatic carbocycles. The second kappa shape index (κ2) is 10.8. The van der Waals surface area contributed by atoms with E-state index in [1.54, 1.807) is 4.90 Å². The number of hydrogen-bond acceptors (Lipinski definition) is 7. The van der Waals surface area contributed by atoms with Crippen LogP contribution in [0.5, 0.6) is 0 Å². The van der Waals surface area contributed by atoms with Crippen LogP contribution in [0.15, 0.2) is 36.8 Å². The third kappa shape index (κ3) is 6.27. The van der Waals surface area contributed by atoms with Crippen molar-refractivity contribution < 1.29 is 9.53 Å². The number of aromatic nitrogens is 4. The van der Waals surface area contributed by atoms with Gasteiger partial charge in [-0.25, -0.2) is 9.78 Å². The Morgan fingerprint density at radius 3 is 2.62 bits per heavy atom. The van der Waals surface area contributed by atoms with Crippen LogP contribution in [-0.2, 0) is 11.3 Å². The standard InChI is InChI=1S/C28H39N7O2/c1-28(2,3)37-27(36)34-11-9-33(10-12-34)18-21-6-7-24-25(15-21)32-26(17-30-24)22-16-31-35(19-22)23-13-20(14-23)5-4-8-29/h6-7,15-17,19-20,23H,4-5,8-14,18,29H2,1-3H3. The molecule has 198 valence electrons. The molecule has 0 radical (unpaired) electrons. The average molecular weight is 506 g/mol. The summed E-state index contributed by atoms with van der Waals surface area (Å²) in [6, 6.07) is 6.77. The maximum atomic E-state index is 12.3. The minimum absolute atomic E-state index is 0.229. The fraction of sp³-hybridized carbons (Fsp3) is 0.571. The van der Waals surface area contributed by atoms with Crippen LogP contribution in [0.3, 0.4) is 0 Å². The number of carbonyl (C=O) groups excluding carboxylic acids is 1. The minimum atomic E-state index is -0.470. The zero-order valence-electron chi connectivity index (χ0n) is 22.3. The Bertz CT molecular complexity index is 1220. The summed E-state index contributed by atoms with van der Waals surface area (Å²) in [5, 5.41) is 4.62. The Morgan fingerprint density at radius 2 is 1.89 bits per heavy atom.